The van der Waals surface area contributed by atoms with Gasteiger partial charge in [0, 0.05) is 35.8 Å². The van der Waals surface area contributed by atoms with Crippen molar-refractivity contribution >= 4 is 29.0 Å². The minimum Gasteiger partial charge on any atom is -0.366 e. The van der Waals surface area contributed by atoms with E-state index in [9.17, 15) is 4.79 Å². The van der Waals surface area contributed by atoms with Crippen LogP contribution in [0.5, 0.6) is 0 Å². The second-order valence-corrected chi connectivity index (χ2v) is 6.00. The number of hydrogen-bond donors (Lipinski definition) is 2. The van der Waals surface area contributed by atoms with Crippen molar-refractivity contribution in [1.29, 1.82) is 0 Å². The minimum absolute atomic E-state index is 0.225. The number of benzene rings is 1. The fraction of sp³-hybridized carbons (Fsp3) is 0.105. The van der Waals surface area contributed by atoms with Gasteiger partial charge in [-0.25, -0.2) is 4.98 Å². The van der Waals surface area contributed by atoms with Crippen molar-refractivity contribution in [2.45, 2.75) is 13.5 Å². The molecule has 0 unspecified atom stereocenters. The Balaban J connectivity index is 1.63. The lowest BCUT2D eigenvalue weighted by molar-refractivity contribution is 0.102. The number of nitrogens with zero attached hydrogens (tertiary/aromatic N) is 2. The molecule has 2 heterocycles. The van der Waals surface area contributed by atoms with E-state index in [1.165, 1.54) is 0 Å². The molecule has 0 saturated carbocycles. The zero-order valence-corrected chi connectivity index (χ0v) is 14.4. The molecule has 0 spiro atoms. The normalized spacial score (nSPS) is 10.3. The van der Waals surface area contributed by atoms with Gasteiger partial charge in [-0.3, -0.25) is 9.78 Å². The third kappa shape index (κ3) is 4.55. The van der Waals surface area contributed by atoms with Gasteiger partial charge in [0.25, 0.3) is 5.91 Å². The van der Waals surface area contributed by atoms with Gasteiger partial charge in [-0.15, -0.1) is 0 Å². The summed E-state index contributed by atoms with van der Waals surface area (Å²) in [7, 11) is 0. The highest BCUT2D eigenvalue weighted by Gasteiger charge is 2.09. The Morgan fingerprint density at radius 1 is 1.16 bits per heavy atom. The Kier molecular flexibility index (Phi) is 5.26. The summed E-state index contributed by atoms with van der Waals surface area (Å²) in [6.45, 7) is 2.53. The number of nitrogens with one attached hydrogen (secondary N) is 2. The van der Waals surface area contributed by atoms with Gasteiger partial charge in [-0.1, -0.05) is 23.7 Å². The summed E-state index contributed by atoms with van der Waals surface area (Å²) in [5.74, 6) is 0.469. The van der Waals surface area contributed by atoms with Gasteiger partial charge < -0.3 is 10.6 Å². The zero-order valence-electron chi connectivity index (χ0n) is 13.7. The smallest absolute Gasteiger partial charge is 0.257 e. The van der Waals surface area contributed by atoms with Crippen molar-refractivity contribution in [3.63, 3.8) is 0 Å². The van der Waals surface area contributed by atoms with E-state index in [4.69, 9.17) is 11.6 Å². The van der Waals surface area contributed by atoms with Crippen LogP contribution in [0.1, 0.15) is 21.5 Å². The number of aryl methyl sites for hydroxylation is 1. The second kappa shape index (κ2) is 7.77. The monoisotopic (exact) mass is 352 g/mol. The van der Waals surface area contributed by atoms with E-state index in [2.05, 4.69) is 20.6 Å². The molecule has 1 amide bonds. The third-order valence-electron chi connectivity index (χ3n) is 3.67. The third-order valence-corrected chi connectivity index (χ3v) is 3.91. The quantitative estimate of drug-likeness (QED) is 0.718. The van der Waals surface area contributed by atoms with Gasteiger partial charge in [0.2, 0.25) is 0 Å². The predicted octanol–water partition coefficient (Wildman–Crippen LogP) is 4.30. The first-order chi connectivity index (χ1) is 12.1. The summed E-state index contributed by atoms with van der Waals surface area (Å²) in [5, 5.41) is 6.62. The van der Waals surface area contributed by atoms with Crippen molar-refractivity contribution in [3.8, 4) is 0 Å². The van der Waals surface area contributed by atoms with Crippen LogP contribution >= 0.6 is 11.6 Å². The highest BCUT2D eigenvalue weighted by Crippen LogP contribution is 2.21. The van der Waals surface area contributed by atoms with Crippen molar-refractivity contribution in [1.82, 2.24) is 9.97 Å². The van der Waals surface area contributed by atoms with E-state index >= 15 is 0 Å². The first kappa shape index (κ1) is 16.9. The fourth-order valence-corrected chi connectivity index (χ4v) is 2.42. The molecule has 0 atom stereocenters. The van der Waals surface area contributed by atoms with E-state index < -0.39 is 0 Å². The Bertz CT molecular complexity index is 866. The lowest BCUT2D eigenvalue weighted by atomic mass is 10.2. The summed E-state index contributed by atoms with van der Waals surface area (Å²) in [6.07, 6.45) is 5.07. The number of carbonyl (C=O) groups is 1. The molecule has 126 valence electrons. The number of rotatable bonds is 5. The molecular weight excluding hydrogens is 336 g/mol. The van der Waals surface area contributed by atoms with Crippen molar-refractivity contribution in [2.24, 2.45) is 0 Å². The second-order valence-electron chi connectivity index (χ2n) is 5.56. The molecule has 2 aromatic heterocycles. The number of pyridine rings is 2. The molecule has 3 rings (SSSR count). The molecule has 0 radical (unpaired) electrons. The van der Waals surface area contributed by atoms with Gasteiger partial charge in [0.1, 0.15) is 5.82 Å². The first-order valence-electron chi connectivity index (χ1n) is 7.78. The summed E-state index contributed by atoms with van der Waals surface area (Å²) in [5.41, 5.74) is 3.17. The zero-order chi connectivity index (χ0) is 17.6. The van der Waals surface area contributed by atoms with Crippen LogP contribution in [0, 0.1) is 6.92 Å². The molecule has 5 nitrogen and oxygen atoms in total. The van der Waals surface area contributed by atoms with Crippen molar-refractivity contribution < 1.29 is 4.79 Å². The van der Waals surface area contributed by atoms with Crippen LogP contribution in [0.2, 0.25) is 5.02 Å². The van der Waals surface area contributed by atoms with Gasteiger partial charge >= 0.3 is 0 Å². The minimum atomic E-state index is -0.225. The summed E-state index contributed by atoms with van der Waals surface area (Å²) >= 11 is 5.98. The summed E-state index contributed by atoms with van der Waals surface area (Å²) in [4.78, 5) is 20.7. The topological polar surface area (TPSA) is 66.9 Å². The Morgan fingerprint density at radius 2 is 2.04 bits per heavy atom. The average Bonchev–Trinajstić information content (AvgIpc) is 2.64. The molecular formula is C19H17ClN4O. The molecule has 0 saturated heterocycles. The van der Waals surface area contributed by atoms with Crippen molar-refractivity contribution in [2.75, 3.05) is 10.6 Å². The van der Waals surface area contributed by atoms with Crippen LogP contribution in [0.15, 0.2) is 61.1 Å². The maximum absolute atomic E-state index is 12.3. The van der Waals surface area contributed by atoms with E-state index in [1.807, 2.05) is 25.1 Å². The molecule has 25 heavy (non-hydrogen) atoms. The summed E-state index contributed by atoms with van der Waals surface area (Å²) < 4.78 is 0. The molecule has 6 heteroatoms. The summed E-state index contributed by atoms with van der Waals surface area (Å²) in [6, 6.07) is 12.7. The van der Waals surface area contributed by atoms with Crippen molar-refractivity contribution in [3.05, 3.63) is 82.8 Å². The number of aromatic nitrogens is 2. The number of carbonyl (C=O) groups excluding carboxylic acids is 1. The Labute approximate surface area is 151 Å². The molecule has 1 aromatic carbocycles. The van der Waals surface area contributed by atoms with E-state index in [1.54, 1.807) is 42.9 Å². The molecule has 2 N–H and O–H groups in total. The van der Waals surface area contributed by atoms with Crippen LogP contribution in [0.4, 0.5) is 11.5 Å². The largest absolute Gasteiger partial charge is 0.366 e. The maximum Gasteiger partial charge on any atom is 0.257 e. The van der Waals surface area contributed by atoms with Gasteiger partial charge in [-0.05, 0) is 48.4 Å². The Morgan fingerprint density at radius 3 is 2.76 bits per heavy atom. The molecule has 3 aromatic rings. The molecule has 0 bridgehead atoms. The SMILES string of the molecule is Cc1ccc(Cl)cc1NC(=O)c1ccc(NCc2cccnc2)nc1. The van der Waals surface area contributed by atoms with Gasteiger partial charge in [0.05, 0.1) is 5.56 Å². The maximum atomic E-state index is 12.3. The lowest BCUT2D eigenvalue weighted by Crippen LogP contribution is -2.13. The van der Waals surface area contributed by atoms with E-state index in [-0.39, 0.29) is 5.91 Å². The van der Waals surface area contributed by atoms with Crippen LogP contribution in [-0.2, 0) is 6.54 Å². The lowest BCUT2D eigenvalue weighted by Gasteiger charge is -2.09. The van der Waals surface area contributed by atoms with Crippen LogP contribution in [0.3, 0.4) is 0 Å². The van der Waals surface area contributed by atoms with Crippen LogP contribution in [-0.4, -0.2) is 15.9 Å². The van der Waals surface area contributed by atoms with Crippen LogP contribution in [0.25, 0.3) is 0 Å². The number of anilines is 2. The Hall–Kier alpha value is -2.92. The molecule has 0 aliphatic heterocycles. The standard InChI is InChI=1S/C19H17ClN4O/c1-13-4-6-16(20)9-17(13)24-19(25)15-5-7-18(23-12-15)22-11-14-3-2-8-21-10-14/h2-10,12H,11H2,1H3,(H,22,23)(H,24,25). The van der Waals surface area contributed by atoms with Crippen LogP contribution < -0.4 is 10.6 Å². The van der Waals surface area contributed by atoms with E-state index in [0.29, 0.717) is 28.6 Å². The van der Waals surface area contributed by atoms with Gasteiger partial charge in [0.15, 0.2) is 0 Å². The number of halogens is 1. The highest BCUT2D eigenvalue weighted by molar-refractivity contribution is 6.31. The molecule has 0 aliphatic carbocycles. The average molecular weight is 353 g/mol. The fourth-order valence-electron chi connectivity index (χ4n) is 2.25. The number of hydrogen-bond acceptors (Lipinski definition) is 4. The first-order valence-corrected chi connectivity index (χ1v) is 8.16. The molecule has 0 aliphatic rings. The molecule has 0 fully saturated rings. The van der Waals surface area contributed by atoms with E-state index in [0.717, 1.165) is 11.1 Å². The van der Waals surface area contributed by atoms with Gasteiger partial charge in [-0.2, -0.15) is 0 Å². The number of amides is 1. The predicted molar refractivity (Wildman–Crippen MR) is 99.9 cm³/mol. The highest BCUT2D eigenvalue weighted by atomic mass is 35.5.